The minimum atomic E-state index is -0.375. The molecule has 6 heteroatoms. The highest BCUT2D eigenvalue weighted by Gasteiger charge is 2.30. The predicted octanol–water partition coefficient (Wildman–Crippen LogP) is 3.68. The minimum absolute atomic E-state index is 0.0351. The Labute approximate surface area is 183 Å². The number of carbonyl (C=O) groups is 1. The summed E-state index contributed by atoms with van der Waals surface area (Å²) < 4.78 is 0. The number of hydrogen-bond donors (Lipinski definition) is 2. The molecule has 0 spiro atoms. The van der Waals surface area contributed by atoms with E-state index >= 15 is 0 Å². The highest BCUT2D eigenvalue weighted by molar-refractivity contribution is 5.93. The lowest BCUT2D eigenvalue weighted by molar-refractivity contribution is -0.121. The van der Waals surface area contributed by atoms with Gasteiger partial charge in [-0.15, -0.1) is 0 Å². The van der Waals surface area contributed by atoms with Crippen LogP contribution in [0.15, 0.2) is 33.9 Å². The number of carbonyl (C=O) groups excluding carboxylic acids is 1. The Morgan fingerprint density at radius 1 is 1.00 bits per heavy atom. The van der Waals surface area contributed by atoms with E-state index in [-0.39, 0.29) is 22.7 Å². The maximum atomic E-state index is 12.6. The summed E-state index contributed by atoms with van der Waals surface area (Å²) in [5.41, 5.74) is 2.35. The van der Waals surface area contributed by atoms with Gasteiger partial charge in [0.2, 0.25) is 5.91 Å². The van der Waals surface area contributed by atoms with Crippen molar-refractivity contribution in [2.45, 2.75) is 52.4 Å². The van der Waals surface area contributed by atoms with Gasteiger partial charge in [0, 0.05) is 31.2 Å². The van der Waals surface area contributed by atoms with Crippen LogP contribution < -0.4 is 26.4 Å². The zero-order valence-electron chi connectivity index (χ0n) is 18.6. The summed E-state index contributed by atoms with van der Waals surface area (Å²) in [4.78, 5) is 39.0. The fourth-order valence-corrected chi connectivity index (χ4v) is 4.90. The van der Waals surface area contributed by atoms with E-state index in [0.29, 0.717) is 29.8 Å². The van der Waals surface area contributed by atoms with Crippen LogP contribution in [0.1, 0.15) is 51.0 Å². The van der Waals surface area contributed by atoms with Crippen LogP contribution in [0.5, 0.6) is 0 Å². The molecule has 1 aliphatic carbocycles. The van der Waals surface area contributed by atoms with Crippen molar-refractivity contribution >= 4 is 23.0 Å². The van der Waals surface area contributed by atoms with Crippen molar-refractivity contribution in [2.75, 3.05) is 35.2 Å². The highest BCUT2D eigenvalue weighted by atomic mass is 16.2. The smallest absolute Gasteiger partial charge is 0.253 e. The van der Waals surface area contributed by atoms with Gasteiger partial charge >= 0.3 is 0 Å². The van der Waals surface area contributed by atoms with Crippen molar-refractivity contribution in [1.29, 1.82) is 0 Å². The molecule has 0 aromatic heterocycles. The number of piperidine rings is 1. The van der Waals surface area contributed by atoms with Crippen molar-refractivity contribution in [3.05, 3.63) is 50.3 Å². The van der Waals surface area contributed by atoms with E-state index < -0.39 is 0 Å². The molecule has 2 N–H and O–H groups in total. The molecule has 2 aliphatic rings. The minimum Gasteiger partial charge on any atom is -0.380 e. The second-order valence-electron chi connectivity index (χ2n) is 9.45. The van der Waals surface area contributed by atoms with Crippen LogP contribution in [-0.4, -0.2) is 25.5 Å². The Morgan fingerprint density at radius 3 is 2.35 bits per heavy atom. The zero-order valence-corrected chi connectivity index (χ0v) is 18.6. The second-order valence-corrected chi connectivity index (χ2v) is 9.45. The van der Waals surface area contributed by atoms with Crippen LogP contribution in [0.4, 0.5) is 17.1 Å². The monoisotopic (exact) mass is 423 g/mol. The lowest BCUT2D eigenvalue weighted by Gasteiger charge is -2.34. The Kier molecular flexibility index (Phi) is 6.44. The van der Waals surface area contributed by atoms with Gasteiger partial charge in [-0.05, 0) is 68.9 Å². The molecule has 2 aromatic rings. The molecule has 0 unspecified atom stereocenters. The van der Waals surface area contributed by atoms with E-state index in [4.69, 9.17) is 0 Å². The first-order valence-electron chi connectivity index (χ1n) is 11.6. The van der Waals surface area contributed by atoms with Gasteiger partial charge in [0.25, 0.3) is 10.9 Å². The van der Waals surface area contributed by atoms with E-state index in [0.717, 1.165) is 62.9 Å². The number of hydrogen-bond acceptors (Lipinski definition) is 5. The van der Waals surface area contributed by atoms with Crippen molar-refractivity contribution in [1.82, 2.24) is 0 Å². The van der Waals surface area contributed by atoms with E-state index in [1.807, 2.05) is 31.2 Å². The van der Waals surface area contributed by atoms with Gasteiger partial charge in [0.1, 0.15) is 11.4 Å². The first-order valence-corrected chi connectivity index (χ1v) is 11.6. The van der Waals surface area contributed by atoms with Gasteiger partial charge in [-0.3, -0.25) is 14.4 Å². The molecule has 0 radical (unpaired) electrons. The third-order valence-electron chi connectivity index (χ3n) is 7.17. The molecule has 1 saturated carbocycles. The van der Waals surface area contributed by atoms with E-state index in [2.05, 4.69) is 22.5 Å². The molecule has 0 bridgehead atoms. The number of para-hydroxylation sites is 1. The molecular weight excluding hydrogens is 390 g/mol. The Hall–Kier alpha value is -2.63. The Morgan fingerprint density at radius 2 is 1.68 bits per heavy atom. The molecule has 6 nitrogen and oxygen atoms in total. The third kappa shape index (κ3) is 4.68. The fraction of sp³-hybridized carbons (Fsp3) is 0.560. The SMILES string of the molecule is Cc1ccccc1NC(=O)C1CCC(CNc2c(N3CCC(C)CC3)c(=O)c2=O)CC1. The van der Waals surface area contributed by atoms with Gasteiger partial charge in [0.15, 0.2) is 0 Å². The van der Waals surface area contributed by atoms with E-state index in [1.54, 1.807) is 0 Å². The average molecular weight is 424 g/mol. The molecule has 1 heterocycles. The van der Waals surface area contributed by atoms with Gasteiger partial charge in [0.05, 0.1) is 0 Å². The summed E-state index contributed by atoms with van der Waals surface area (Å²) in [7, 11) is 0. The third-order valence-corrected chi connectivity index (χ3v) is 7.17. The average Bonchev–Trinajstić information content (AvgIpc) is 2.79. The molecule has 2 aromatic carbocycles. The van der Waals surface area contributed by atoms with Crippen LogP contribution in [0, 0.1) is 24.7 Å². The zero-order chi connectivity index (χ0) is 22.0. The molecule has 1 amide bonds. The van der Waals surface area contributed by atoms with E-state index in [9.17, 15) is 14.4 Å². The molecule has 0 atom stereocenters. The maximum Gasteiger partial charge on any atom is 0.253 e. The second kappa shape index (κ2) is 9.25. The summed E-state index contributed by atoms with van der Waals surface area (Å²) in [6, 6.07) is 7.84. The first-order chi connectivity index (χ1) is 14.9. The summed E-state index contributed by atoms with van der Waals surface area (Å²) >= 11 is 0. The van der Waals surface area contributed by atoms with Gasteiger partial charge in [-0.1, -0.05) is 25.1 Å². The lowest BCUT2D eigenvalue weighted by Crippen LogP contribution is -2.45. The summed E-state index contributed by atoms with van der Waals surface area (Å²) in [5.74, 6) is 1.23. The topological polar surface area (TPSA) is 78.5 Å². The molecular formula is C25H33N3O3. The van der Waals surface area contributed by atoms with Crippen molar-refractivity contribution in [2.24, 2.45) is 17.8 Å². The maximum absolute atomic E-state index is 12.6. The quantitative estimate of drug-likeness (QED) is 0.693. The number of nitrogens with zero attached hydrogens (tertiary/aromatic N) is 1. The Bertz CT molecular complexity index is 992. The number of nitrogens with one attached hydrogen (secondary N) is 2. The largest absolute Gasteiger partial charge is 0.380 e. The van der Waals surface area contributed by atoms with Crippen LogP contribution >= 0.6 is 0 Å². The highest BCUT2D eigenvalue weighted by Crippen LogP contribution is 2.31. The summed E-state index contributed by atoms with van der Waals surface area (Å²) in [6.45, 7) is 6.62. The lowest BCUT2D eigenvalue weighted by atomic mass is 9.81. The molecule has 166 valence electrons. The molecule has 1 saturated heterocycles. The predicted molar refractivity (Wildman–Crippen MR) is 126 cm³/mol. The number of amides is 1. The van der Waals surface area contributed by atoms with E-state index in [1.165, 1.54) is 0 Å². The van der Waals surface area contributed by atoms with Crippen LogP contribution in [0.2, 0.25) is 0 Å². The van der Waals surface area contributed by atoms with Crippen LogP contribution in [0.3, 0.4) is 0 Å². The van der Waals surface area contributed by atoms with Crippen LogP contribution in [0.25, 0.3) is 0 Å². The van der Waals surface area contributed by atoms with Gasteiger partial charge < -0.3 is 15.5 Å². The molecule has 4 rings (SSSR count). The number of benzene rings is 1. The van der Waals surface area contributed by atoms with Gasteiger partial charge in [-0.2, -0.15) is 0 Å². The van der Waals surface area contributed by atoms with Crippen molar-refractivity contribution < 1.29 is 4.79 Å². The first kappa shape index (κ1) is 21.6. The number of rotatable bonds is 6. The number of anilines is 3. The van der Waals surface area contributed by atoms with Gasteiger partial charge in [-0.25, -0.2) is 0 Å². The van der Waals surface area contributed by atoms with Crippen molar-refractivity contribution in [3.63, 3.8) is 0 Å². The molecule has 31 heavy (non-hydrogen) atoms. The molecule has 2 fully saturated rings. The summed E-state index contributed by atoms with van der Waals surface area (Å²) in [6.07, 6.45) is 5.73. The van der Waals surface area contributed by atoms with Crippen molar-refractivity contribution in [3.8, 4) is 0 Å². The molecule has 1 aliphatic heterocycles. The summed E-state index contributed by atoms with van der Waals surface area (Å²) in [5, 5.41) is 6.36. The number of aryl methyl sites for hydroxylation is 1. The van der Waals surface area contributed by atoms with Crippen LogP contribution in [-0.2, 0) is 4.79 Å². The fourth-order valence-electron chi connectivity index (χ4n) is 4.90. The Balaban J connectivity index is 1.27. The normalized spacial score (nSPS) is 22.5. The standard InChI is InChI=1S/C25H33N3O3/c1-16-11-13-28(14-12-16)22-21(23(29)24(22)30)26-15-18-7-9-19(10-8-18)25(31)27-20-6-4-3-5-17(20)2/h3-6,16,18-19,26H,7-15H2,1-2H3,(H,27,31).